The van der Waals surface area contributed by atoms with Gasteiger partial charge in [-0.1, -0.05) is 19.1 Å². The minimum atomic E-state index is -0.655. The highest BCUT2D eigenvalue weighted by Crippen LogP contribution is 2.27. The Morgan fingerprint density at radius 1 is 1.39 bits per heavy atom. The molecule has 118 valence electrons. The van der Waals surface area contributed by atoms with Gasteiger partial charge >= 0.3 is 0 Å². The highest BCUT2D eigenvalue weighted by atomic mass is 32.1. The zero-order chi connectivity index (χ0) is 16.4. The number of hydrogen-bond acceptors (Lipinski definition) is 5. The van der Waals surface area contributed by atoms with E-state index in [1.165, 1.54) is 15.9 Å². The fourth-order valence-electron chi connectivity index (χ4n) is 2.48. The zero-order valence-electron chi connectivity index (χ0n) is 12.4. The van der Waals surface area contributed by atoms with Crippen molar-refractivity contribution in [3.05, 3.63) is 51.8 Å². The minimum Gasteiger partial charge on any atom is -0.506 e. The molecule has 2 heterocycles. The summed E-state index contributed by atoms with van der Waals surface area (Å²) < 4.78 is 1.52. The number of pyridine rings is 1. The topological polar surface area (TPSA) is 84.2 Å². The molecule has 0 unspecified atom stereocenters. The monoisotopic (exact) mass is 329 g/mol. The van der Waals surface area contributed by atoms with Gasteiger partial charge in [-0.25, -0.2) is 4.98 Å². The molecule has 0 aliphatic rings. The van der Waals surface area contributed by atoms with Gasteiger partial charge < -0.3 is 9.67 Å². The second-order valence-electron chi connectivity index (χ2n) is 4.99. The van der Waals surface area contributed by atoms with Crippen LogP contribution in [-0.4, -0.2) is 20.6 Å². The first kappa shape index (κ1) is 15.2. The van der Waals surface area contributed by atoms with E-state index in [0.717, 1.165) is 6.42 Å². The highest BCUT2D eigenvalue weighted by molar-refractivity contribution is 7.13. The van der Waals surface area contributed by atoms with Crippen molar-refractivity contribution in [2.75, 3.05) is 5.32 Å². The summed E-state index contributed by atoms with van der Waals surface area (Å²) in [5, 5.41) is 15.5. The zero-order valence-corrected chi connectivity index (χ0v) is 13.3. The van der Waals surface area contributed by atoms with Gasteiger partial charge in [0.05, 0.1) is 5.52 Å². The molecule has 1 aromatic carbocycles. The summed E-state index contributed by atoms with van der Waals surface area (Å²) in [5.74, 6) is -0.954. The van der Waals surface area contributed by atoms with E-state index in [1.54, 1.807) is 35.8 Å². The lowest BCUT2D eigenvalue weighted by Crippen LogP contribution is -2.29. The Balaban J connectivity index is 2.20. The molecule has 0 spiro atoms. The van der Waals surface area contributed by atoms with Crippen LogP contribution in [0.1, 0.15) is 23.7 Å². The second kappa shape index (κ2) is 6.21. The van der Waals surface area contributed by atoms with Crippen LogP contribution in [0.3, 0.4) is 0 Å². The van der Waals surface area contributed by atoms with Gasteiger partial charge in [-0.05, 0) is 18.6 Å². The number of aromatic hydroxyl groups is 1. The van der Waals surface area contributed by atoms with E-state index < -0.39 is 11.5 Å². The van der Waals surface area contributed by atoms with E-state index in [0.29, 0.717) is 22.6 Å². The van der Waals surface area contributed by atoms with E-state index in [1.807, 2.05) is 6.92 Å². The van der Waals surface area contributed by atoms with Gasteiger partial charge in [0.25, 0.3) is 11.5 Å². The smallest absolute Gasteiger partial charge is 0.267 e. The van der Waals surface area contributed by atoms with Crippen LogP contribution in [-0.2, 0) is 6.54 Å². The van der Waals surface area contributed by atoms with E-state index >= 15 is 0 Å². The maximum atomic E-state index is 12.7. The Morgan fingerprint density at radius 2 is 2.17 bits per heavy atom. The van der Waals surface area contributed by atoms with Crippen molar-refractivity contribution in [1.29, 1.82) is 0 Å². The highest BCUT2D eigenvalue weighted by Gasteiger charge is 2.22. The van der Waals surface area contributed by atoms with Gasteiger partial charge in [-0.15, -0.1) is 11.3 Å². The second-order valence-corrected chi connectivity index (χ2v) is 5.88. The molecule has 3 rings (SSSR count). The molecule has 7 heteroatoms. The lowest BCUT2D eigenvalue weighted by Gasteiger charge is -2.13. The molecule has 0 saturated heterocycles. The molecule has 2 N–H and O–H groups in total. The number of aromatic nitrogens is 2. The Morgan fingerprint density at radius 3 is 2.87 bits per heavy atom. The SMILES string of the molecule is CCCn1c(=O)c(C(=O)Nc2nccs2)c(O)c2ccccc21. The first-order valence-corrected chi connectivity index (χ1v) is 8.06. The predicted octanol–water partition coefficient (Wildman–Crippen LogP) is 2.83. The molecule has 0 radical (unpaired) electrons. The van der Waals surface area contributed by atoms with Gasteiger partial charge in [0.1, 0.15) is 11.3 Å². The largest absolute Gasteiger partial charge is 0.506 e. The quantitative estimate of drug-likeness (QED) is 0.771. The fraction of sp³-hybridized carbons (Fsp3) is 0.188. The number of benzene rings is 1. The van der Waals surface area contributed by atoms with E-state index in [-0.39, 0.29) is 11.3 Å². The number of amides is 1. The number of fused-ring (bicyclic) bond motifs is 1. The van der Waals surface area contributed by atoms with Crippen molar-refractivity contribution in [3.8, 4) is 5.75 Å². The van der Waals surface area contributed by atoms with Crippen LogP contribution in [0.25, 0.3) is 10.9 Å². The third kappa shape index (κ3) is 2.70. The summed E-state index contributed by atoms with van der Waals surface area (Å²) in [6.07, 6.45) is 2.29. The van der Waals surface area contributed by atoms with Gasteiger partial charge in [0.2, 0.25) is 0 Å². The van der Waals surface area contributed by atoms with E-state index in [9.17, 15) is 14.7 Å². The molecular weight excluding hydrogens is 314 g/mol. The lowest BCUT2D eigenvalue weighted by molar-refractivity contribution is 0.102. The van der Waals surface area contributed by atoms with Crippen molar-refractivity contribution in [3.63, 3.8) is 0 Å². The maximum absolute atomic E-state index is 12.7. The minimum absolute atomic E-state index is 0.257. The first-order chi connectivity index (χ1) is 11.1. The molecule has 0 atom stereocenters. The molecule has 2 aromatic heterocycles. The van der Waals surface area contributed by atoms with Crippen LogP contribution < -0.4 is 10.9 Å². The van der Waals surface area contributed by atoms with E-state index in [4.69, 9.17) is 0 Å². The average Bonchev–Trinajstić information content (AvgIpc) is 3.04. The van der Waals surface area contributed by atoms with E-state index in [2.05, 4.69) is 10.3 Å². The Kier molecular flexibility index (Phi) is 4.12. The number of carbonyl (C=O) groups excluding carboxylic acids is 1. The standard InChI is InChI=1S/C16H15N3O3S/c1-2-8-19-11-6-4-3-5-10(11)13(20)12(15(19)22)14(21)18-16-17-7-9-23-16/h3-7,9,20H,2,8H2,1H3,(H,17,18,21). The van der Waals surface area contributed by atoms with Crippen molar-refractivity contribution in [1.82, 2.24) is 9.55 Å². The summed E-state index contributed by atoms with van der Waals surface area (Å²) in [6.45, 7) is 2.42. The number of nitrogens with one attached hydrogen (secondary N) is 1. The number of para-hydroxylation sites is 1. The van der Waals surface area contributed by atoms with Gasteiger partial charge in [0, 0.05) is 23.5 Å². The fourth-order valence-corrected chi connectivity index (χ4v) is 3.01. The lowest BCUT2D eigenvalue weighted by atomic mass is 10.1. The molecule has 3 aromatic rings. The molecule has 0 fully saturated rings. The van der Waals surface area contributed by atoms with Crippen LogP contribution in [0, 0.1) is 0 Å². The average molecular weight is 329 g/mol. The van der Waals surface area contributed by atoms with Crippen molar-refractivity contribution < 1.29 is 9.90 Å². The molecule has 0 bridgehead atoms. The number of carbonyl (C=O) groups is 1. The Bertz CT molecular complexity index is 916. The molecule has 0 saturated carbocycles. The van der Waals surface area contributed by atoms with Crippen LogP contribution in [0.5, 0.6) is 5.75 Å². The van der Waals surface area contributed by atoms with Crippen LogP contribution >= 0.6 is 11.3 Å². The molecule has 0 aliphatic heterocycles. The number of rotatable bonds is 4. The Labute approximate surface area is 136 Å². The number of hydrogen-bond donors (Lipinski definition) is 2. The summed E-state index contributed by atoms with van der Waals surface area (Å²) >= 11 is 1.24. The summed E-state index contributed by atoms with van der Waals surface area (Å²) in [7, 11) is 0. The molecular formula is C16H15N3O3S. The molecule has 6 nitrogen and oxygen atoms in total. The summed E-state index contributed by atoms with van der Waals surface area (Å²) in [4.78, 5) is 29.1. The van der Waals surface area contributed by atoms with Crippen molar-refractivity contribution >= 4 is 33.3 Å². The molecule has 0 aliphatic carbocycles. The number of nitrogens with zero attached hydrogens (tertiary/aromatic N) is 2. The van der Waals surface area contributed by atoms with Crippen LogP contribution in [0.2, 0.25) is 0 Å². The first-order valence-electron chi connectivity index (χ1n) is 7.18. The van der Waals surface area contributed by atoms with Gasteiger partial charge in [0.15, 0.2) is 5.13 Å². The maximum Gasteiger partial charge on any atom is 0.267 e. The third-order valence-electron chi connectivity index (χ3n) is 3.47. The third-order valence-corrected chi connectivity index (χ3v) is 4.16. The van der Waals surface area contributed by atoms with Gasteiger partial charge in [-0.3, -0.25) is 14.9 Å². The number of aryl methyl sites for hydroxylation is 1. The predicted molar refractivity (Wildman–Crippen MR) is 90.2 cm³/mol. The Hall–Kier alpha value is -2.67. The summed E-state index contributed by atoms with van der Waals surface area (Å²) in [6, 6.07) is 7.00. The summed E-state index contributed by atoms with van der Waals surface area (Å²) in [5.41, 5.74) is -0.146. The molecule has 1 amide bonds. The number of thiazole rings is 1. The van der Waals surface area contributed by atoms with Gasteiger partial charge in [-0.2, -0.15) is 0 Å². The number of anilines is 1. The van der Waals surface area contributed by atoms with Crippen LogP contribution in [0.4, 0.5) is 5.13 Å². The molecule has 23 heavy (non-hydrogen) atoms. The van der Waals surface area contributed by atoms with Crippen molar-refractivity contribution in [2.24, 2.45) is 0 Å². The van der Waals surface area contributed by atoms with Crippen LogP contribution in [0.15, 0.2) is 40.6 Å². The normalized spacial score (nSPS) is 10.8. The van der Waals surface area contributed by atoms with Crippen molar-refractivity contribution in [2.45, 2.75) is 19.9 Å².